The molecule has 1 saturated heterocycles. The molecule has 1 aromatic rings. The average molecular weight is 264 g/mol. The fourth-order valence-corrected chi connectivity index (χ4v) is 2.61. The molecule has 0 aliphatic carbocycles. The maximum absolute atomic E-state index is 12.6. The number of amides is 1. The van der Waals surface area contributed by atoms with E-state index in [1.165, 1.54) is 12.8 Å². The van der Waals surface area contributed by atoms with Crippen LogP contribution >= 0.6 is 0 Å². The smallest absolute Gasteiger partial charge is 0.290 e. The number of nitrogens with zero attached hydrogens (tertiary/aromatic N) is 1. The minimum Gasteiger partial charge on any atom is -0.459 e. The Balaban J connectivity index is 2.07. The zero-order chi connectivity index (χ0) is 13.8. The summed E-state index contributed by atoms with van der Waals surface area (Å²) < 4.78 is 5.34. The summed E-state index contributed by atoms with van der Waals surface area (Å²) >= 11 is 0. The highest BCUT2D eigenvalue weighted by atomic mass is 16.3. The van der Waals surface area contributed by atoms with Crippen molar-refractivity contribution >= 4 is 5.91 Å². The van der Waals surface area contributed by atoms with Crippen LogP contribution in [0.15, 0.2) is 16.7 Å². The molecule has 1 fully saturated rings. The first-order valence-electron chi connectivity index (χ1n) is 7.15. The lowest BCUT2D eigenvalue weighted by Crippen LogP contribution is -2.44. The predicted molar refractivity (Wildman–Crippen MR) is 75.2 cm³/mol. The molecule has 2 rings (SSSR count). The summed E-state index contributed by atoms with van der Waals surface area (Å²) in [5.41, 5.74) is 0.914. The molecule has 0 spiro atoms. The highest BCUT2D eigenvalue weighted by Gasteiger charge is 2.26. The van der Waals surface area contributed by atoms with E-state index >= 15 is 0 Å². The molecule has 1 aliphatic rings. The van der Waals surface area contributed by atoms with E-state index in [1.807, 2.05) is 17.9 Å². The molecule has 1 unspecified atom stereocenters. The highest BCUT2D eigenvalue weighted by Crippen LogP contribution is 2.18. The Morgan fingerprint density at radius 1 is 1.58 bits per heavy atom. The monoisotopic (exact) mass is 264 g/mol. The summed E-state index contributed by atoms with van der Waals surface area (Å²) in [4.78, 5) is 14.5. The van der Waals surface area contributed by atoms with Crippen molar-refractivity contribution in [1.82, 2.24) is 10.2 Å². The average Bonchev–Trinajstić information content (AvgIpc) is 2.82. The van der Waals surface area contributed by atoms with Crippen molar-refractivity contribution in [2.75, 3.05) is 19.6 Å². The molecule has 1 N–H and O–H groups in total. The van der Waals surface area contributed by atoms with Gasteiger partial charge in [0.25, 0.3) is 5.91 Å². The molecule has 0 bridgehead atoms. The summed E-state index contributed by atoms with van der Waals surface area (Å²) in [5, 5.41) is 3.40. The standard InChI is InChI=1S/C15H24N2O2/c1-11(2)17(10-13-5-4-7-16-9-13)15(18)14-12(3)6-8-19-14/h6,8,11,13,16H,4-5,7,9-10H2,1-3H3. The third-order valence-corrected chi connectivity index (χ3v) is 3.79. The molecule has 1 aromatic heterocycles. The Hall–Kier alpha value is -1.29. The Morgan fingerprint density at radius 2 is 2.37 bits per heavy atom. The van der Waals surface area contributed by atoms with Gasteiger partial charge in [-0.2, -0.15) is 0 Å². The molecular formula is C15H24N2O2. The summed E-state index contributed by atoms with van der Waals surface area (Å²) in [6.45, 7) is 8.96. The number of piperidine rings is 1. The third kappa shape index (κ3) is 3.38. The lowest BCUT2D eigenvalue weighted by molar-refractivity contribution is 0.0627. The molecule has 19 heavy (non-hydrogen) atoms. The SMILES string of the molecule is Cc1ccoc1C(=O)N(CC1CCCNC1)C(C)C. The van der Waals surface area contributed by atoms with Gasteiger partial charge in [0.05, 0.1) is 6.26 Å². The van der Waals surface area contributed by atoms with Crippen LogP contribution in [0, 0.1) is 12.8 Å². The Kier molecular flexibility index (Phi) is 4.64. The van der Waals surface area contributed by atoms with Gasteiger partial charge in [0.1, 0.15) is 0 Å². The summed E-state index contributed by atoms with van der Waals surface area (Å²) in [7, 11) is 0. The first kappa shape index (κ1) is 14.1. The van der Waals surface area contributed by atoms with E-state index in [4.69, 9.17) is 4.42 Å². The van der Waals surface area contributed by atoms with Gasteiger partial charge in [0.15, 0.2) is 5.76 Å². The van der Waals surface area contributed by atoms with Crippen LogP contribution < -0.4 is 5.32 Å². The summed E-state index contributed by atoms with van der Waals surface area (Å²) in [5.74, 6) is 1.05. The Morgan fingerprint density at radius 3 is 2.89 bits per heavy atom. The molecule has 0 aromatic carbocycles. The fraction of sp³-hybridized carbons (Fsp3) is 0.667. The molecule has 1 atom stereocenters. The Labute approximate surface area is 115 Å². The van der Waals surface area contributed by atoms with E-state index < -0.39 is 0 Å². The van der Waals surface area contributed by atoms with Gasteiger partial charge in [-0.1, -0.05) is 0 Å². The third-order valence-electron chi connectivity index (χ3n) is 3.79. The summed E-state index contributed by atoms with van der Waals surface area (Å²) in [6, 6.07) is 2.03. The lowest BCUT2D eigenvalue weighted by atomic mass is 9.98. The zero-order valence-corrected chi connectivity index (χ0v) is 12.1. The number of hydrogen-bond acceptors (Lipinski definition) is 3. The minimum atomic E-state index is 0.0167. The number of carbonyl (C=O) groups is 1. The predicted octanol–water partition coefficient (Wildman–Crippen LogP) is 2.44. The Bertz CT molecular complexity index is 420. The van der Waals surface area contributed by atoms with E-state index in [0.29, 0.717) is 11.7 Å². The second kappa shape index (κ2) is 6.24. The quantitative estimate of drug-likeness (QED) is 0.908. The van der Waals surface area contributed by atoms with Gasteiger partial charge < -0.3 is 14.6 Å². The van der Waals surface area contributed by atoms with Gasteiger partial charge in [-0.3, -0.25) is 4.79 Å². The van der Waals surface area contributed by atoms with Gasteiger partial charge in [0.2, 0.25) is 0 Å². The van der Waals surface area contributed by atoms with Gasteiger partial charge >= 0.3 is 0 Å². The number of nitrogens with one attached hydrogen (secondary N) is 1. The van der Waals surface area contributed by atoms with Crippen molar-refractivity contribution in [1.29, 1.82) is 0 Å². The van der Waals surface area contributed by atoms with Gasteiger partial charge in [-0.05, 0) is 58.7 Å². The van der Waals surface area contributed by atoms with Crippen molar-refractivity contribution < 1.29 is 9.21 Å². The molecule has 0 radical (unpaired) electrons. The molecule has 4 heteroatoms. The minimum absolute atomic E-state index is 0.0167. The van der Waals surface area contributed by atoms with E-state index in [2.05, 4.69) is 19.2 Å². The van der Waals surface area contributed by atoms with Crippen molar-refractivity contribution in [3.63, 3.8) is 0 Å². The van der Waals surface area contributed by atoms with Crippen LogP contribution in [-0.4, -0.2) is 36.5 Å². The van der Waals surface area contributed by atoms with Gasteiger partial charge in [-0.25, -0.2) is 0 Å². The second-order valence-corrected chi connectivity index (χ2v) is 5.70. The van der Waals surface area contributed by atoms with Crippen LogP contribution in [0.25, 0.3) is 0 Å². The van der Waals surface area contributed by atoms with Crippen LogP contribution in [0.2, 0.25) is 0 Å². The van der Waals surface area contributed by atoms with Crippen molar-refractivity contribution in [2.45, 2.75) is 39.7 Å². The van der Waals surface area contributed by atoms with E-state index in [-0.39, 0.29) is 11.9 Å². The number of rotatable bonds is 4. The topological polar surface area (TPSA) is 45.5 Å². The molecular weight excluding hydrogens is 240 g/mol. The van der Waals surface area contributed by atoms with Crippen molar-refractivity contribution in [3.05, 3.63) is 23.7 Å². The highest BCUT2D eigenvalue weighted by molar-refractivity contribution is 5.93. The lowest BCUT2D eigenvalue weighted by Gasteiger charge is -2.32. The number of aryl methyl sites for hydroxylation is 1. The van der Waals surface area contributed by atoms with Crippen molar-refractivity contribution in [3.8, 4) is 0 Å². The number of furan rings is 1. The molecule has 1 aliphatic heterocycles. The molecule has 106 valence electrons. The van der Waals surface area contributed by atoms with E-state index in [1.54, 1.807) is 6.26 Å². The van der Waals surface area contributed by atoms with Crippen LogP contribution in [0.4, 0.5) is 0 Å². The molecule has 1 amide bonds. The first-order chi connectivity index (χ1) is 9.09. The summed E-state index contributed by atoms with van der Waals surface area (Å²) in [6.07, 6.45) is 3.98. The maximum atomic E-state index is 12.6. The number of hydrogen-bond donors (Lipinski definition) is 1. The molecule has 4 nitrogen and oxygen atoms in total. The second-order valence-electron chi connectivity index (χ2n) is 5.70. The van der Waals surface area contributed by atoms with E-state index in [0.717, 1.165) is 25.2 Å². The van der Waals surface area contributed by atoms with Gasteiger partial charge in [-0.15, -0.1) is 0 Å². The van der Waals surface area contributed by atoms with Crippen LogP contribution in [-0.2, 0) is 0 Å². The first-order valence-corrected chi connectivity index (χ1v) is 7.15. The van der Waals surface area contributed by atoms with Crippen LogP contribution in [0.1, 0.15) is 42.8 Å². The largest absolute Gasteiger partial charge is 0.459 e. The van der Waals surface area contributed by atoms with Crippen molar-refractivity contribution in [2.24, 2.45) is 5.92 Å². The fourth-order valence-electron chi connectivity index (χ4n) is 2.61. The van der Waals surface area contributed by atoms with Crippen LogP contribution in [0.3, 0.4) is 0 Å². The maximum Gasteiger partial charge on any atom is 0.290 e. The number of carbonyl (C=O) groups excluding carboxylic acids is 1. The van der Waals surface area contributed by atoms with Gasteiger partial charge in [0, 0.05) is 18.2 Å². The van der Waals surface area contributed by atoms with E-state index in [9.17, 15) is 4.79 Å². The van der Waals surface area contributed by atoms with Crippen LogP contribution in [0.5, 0.6) is 0 Å². The zero-order valence-electron chi connectivity index (χ0n) is 12.1. The molecule has 0 saturated carbocycles. The molecule has 2 heterocycles. The normalized spacial score (nSPS) is 19.7.